The zero-order chi connectivity index (χ0) is 24.0. The molecule has 2 heterocycles. The molecule has 0 amide bonds. The van der Waals surface area contributed by atoms with Crippen LogP contribution in [0.1, 0.15) is 49.7 Å². The molecule has 1 aromatic heterocycles. The van der Waals surface area contributed by atoms with Gasteiger partial charge in [-0.1, -0.05) is 62.0 Å². The molecule has 0 spiro atoms. The van der Waals surface area contributed by atoms with Crippen molar-refractivity contribution < 1.29 is 0 Å². The molecule has 33 heavy (non-hydrogen) atoms. The highest BCUT2D eigenvalue weighted by Gasteiger charge is 2.21. The van der Waals surface area contributed by atoms with E-state index in [-0.39, 0.29) is 0 Å². The number of nitrogens with zero attached hydrogens (tertiary/aromatic N) is 4. The lowest BCUT2D eigenvalue weighted by molar-refractivity contribution is 0.327. The summed E-state index contributed by atoms with van der Waals surface area (Å²) in [7, 11) is 6.11. The number of likely N-dealkylation sites (N-methyl/N-ethyl adjacent to an activating group) is 1. The van der Waals surface area contributed by atoms with E-state index >= 15 is 0 Å². The Hall–Kier alpha value is -2.46. The number of rotatable bonds is 10. The van der Waals surface area contributed by atoms with Gasteiger partial charge in [0.05, 0.1) is 0 Å². The van der Waals surface area contributed by atoms with Crippen molar-refractivity contribution in [2.24, 2.45) is 5.92 Å². The number of pyridine rings is 1. The van der Waals surface area contributed by atoms with Crippen LogP contribution in [0.15, 0.2) is 61.3 Å². The van der Waals surface area contributed by atoms with E-state index in [4.69, 9.17) is 11.6 Å². The minimum atomic E-state index is 0.347. The van der Waals surface area contributed by atoms with Gasteiger partial charge >= 0.3 is 0 Å². The summed E-state index contributed by atoms with van der Waals surface area (Å²) in [5.74, 6) is 2.09. The fraction of sp³-hybridized carbons (Fsp3) is 0.464. The van der Waals surface area contributed by atoms with E-state index in [0.717, 1.165) is 42.6 Å². The van der Waals surface area contributed by atoms with Gasteiger partial charge < -0.3 is 14.7 Å². The van der Waals surface area contributed by atoms with Gasteiger partial charge in [0.2, 0.25) is 0 Å². The number of aromatic nitrogens is 1. The van der Waals surface area contributed by atoms with Gasteiger partial charge in [-0.15, -0.1) is 0 Å². The van der Waals surface area contributed by atoms with Gasteiger partial charge in [0.25, 0.3) is 0 Å². The highest BCUT2D eigenvalue weighted by molar-refractivity contribution is 6.31. The second-order valence-electron chi connectivity index (χ2n) is 9.47. The first-order valence-electron chi connectivity index (χ1n) is 12.0. The van der Waals surface area contributed by atoms with Crippen LogP contribution in [-0.4, -0.2) is 55.6 Å². The molecule has 0 N–H and O–H groups in total. The Morgan fingerprint density at radius 3 is 2.36 bits per heavy atom. The third kappa shape index (κ3) is 6.54. The molecular weight excluding hydrogens is 428 g/mol. The molecule has 1 aliphatic rings. The third-order valence-corrected chi connectivity index (χ3v) is 7.31. The standard InChI is InChI=1S/C28H39ClN4/c1-21(25-12-8-7-9-13-25)22(2)32(6)18-10-11-24-16-19-33(20-17-24)27-15-14-26(28(29)30-27)23(3)31(4)5/h7-9,12-15,21,24H,2-3,10-11,16-20H2,1,4-6H3. The van der Waals surface area contributed by atoms with E-state index in [1.807, 2.05) is 25.1 Å². The molecule has 1 saturated heterocycles. The number of benzene rings is 1. The van der Waals surface area contributed by atoms with E-state index in [0.29, 0.717) is 11.1 Å². The largest absolute Gasteiger partial charge is 0.378 e. The summed E-state index contributed by atoms with van der Waals surface area (Å²) in [5, 5.41) is 0.529. The predicted octanol–water partition coefficient (Wildman–Crippen LogP) is 6.51. The van der Waals surface area contributed by atoms with Crippen LogP contribution in [0.3, 0.4) is 0 Å². The molecule has 1 unspecified atom stereocenters. The summed E-state index contributed by atoms with van der Waals surface area (Å²) in [6, 6.07) is 14.8. The number of anilines is 1. The molecule has 1 aromatic carbocycles. The maximum atomic E-state index is 6.46. The van der Waals surface area contributed by atoms with Crippen molar-refractivity contribution in [1.29, 1.82) is 0 Å². The molecule has 4 nitrogen and oxygen atoms in total. The SMILES string of the molecule is C=C(c1ccc(N2CCC(CCCN(C)C(=C)C(C)c3ccccc3)CC2)nc1Cl)N(C)C. The van der Waals surface area contributed by atoms with Crippen LogP contribution in [0, 0.1) is 5.92 Å². The molecule has 3 rings (SSSR count). The summed E-state index contributed by atoms with van der Waals surface area (Å²) in [4.78, 5) is 11.3. The lowest BCUT2D eigenvalue weighted by Gasteiger charge is -2.33. The second-order valence-corrected chi connectivity index (χ2v) is 9.82. The molecule has 5 heteroatoms. The van der Waals surface area contributed by atoms with E-state index in [9.17, 15) is 0 Å². The highest BCUT2D eigenvalue weighted by atomic mass is 35.5. The van der Waals surface area contributed by atoms with Crippen molar-refractivity contribution in [2.45, 2.75) is 38.5 Å². The summed E-state index contributed by atoms with van der Waals surface area (Å²) >= 11 is 6.46. The van der Waals surface area contributed by atoms with Crippen molar-refractivity contribution >= 4 is 23.1 Å². The average Bonchev–Trinajstić information content (AvgIpc) is 2.83. The first-order valence-corrected chi connectivity index (χ1v) is 12.4. The minimum absolute atomic E-state index is 0.347. The number of hydrogen-bond acceptors (Lipinski definition) is 4. The monoisotopic (exact) mass is 466 g/mol. The summed E-state index contributed by atoms with van der Waals surface area (Å²) in [6.07, 6.45) is 4.88. The van der Waals surface area contributed by atoms with E-state index in [1.165, 1.54) is 36.9 Å². The molecule has 0 aliphatic carbocycles. The lowest BCUT2D eigenvalue weighted by Crippen LogP contribution is -2.34. The topological polar surface area (TPSA) is 22.6 Å². The minimum Gasteiger partial charge on any atom is -0.378 e. The summed E-state index contributed by atoms with van der Waals surface area (Å²) < 4.78 is 0. The van der Waals surface area contributed by atoms with Gasteiger partial charge in [0, 0.05) is 63.7 Å². The molecular formula is C28H39ClN4. The van der Waals surface area contributed by atoms with Crippen LogP contribution in [0.25, 0.3) is 5.70 Å². The van der Waals surface area contributed by atoms with Crippen LogP contribution in [0.5, 0.6) is 0 Å². The Kier molecular flexibility index (Phi) is 8.85. The summed E-state index contributed by atoms with van der Waals surface area (Å²) in [5.41, 5.74) is 4.30. The molecule has 1 fully saturated rings. The van der Waals surface area contributed by atoms with Gasteiger partial charge in [-0.05, 0) is 49.3 Å². The Labute approximate surface area is 205 Å². The zero-order valence-electron chi connectivity index (χ0n) is 20.7. The Balaban J connectivity index is 1.43. The summed E-state index contributed by atoms with van der Waals surface area (Å²) in [6.45, 7) is 13.8. The Morgan fingerprint density at radius 1 is 1.09 bits per heavy atom. The predicted molar refractivity (Wildman–Crippen MR) is 143 cm³/mol. The molecule has 1 aliphatic heterocycles. The van der Waals surface area contributed by atoms with Crippen molar-refractivity contribution in [3.63, 3.8) is 0 Å². The van der Waals surface area contributed by atoms with Crippen LogP contribution < -0.4 is 4.90 Å². The van der Waals surface area contributed by atoms with Crippen LogP contribution in [-0.2, 0) is 0 Å². The quantitative estimate of drug-likeness (QED) is 0.372. The van der Waals surface area contributed by atoms with Crippen molar-refractivity contribution in [3.05, 3.63) is 77.6 Å². The fourth-order valence-electron chi connectivity index (χ4n) is 4.53. The normalized spacial score (nSPS) is 15.2. The third-order valence-electron chi connectivity index (χ3n) is 7.02. The number of hydrogen-bond donors (Lipinski definition) is 0. The molecule has 0 saturated carbocycles. The Morgan fingerprint density at radius 2 is 1.76 bits per heavy atom. The van der Waals surface area contributed by atoms with E-state index < -0.39 is 0 Å². The van der Waals surface area contributed by atoms with Crippen molar-refractivity contribution in [1.82, 2.24) is 14.8 Å². The van der Waals surface area contributed by atoms with E-state index in [1.54, 1.807) is 0 Å². The van der Waals surface area contributed by atoms with Gasteiger partial charge in [-0.25, -0.2) is 4.98 Å². The first-order chi connectivity index (χ1) is 15.8. The zero-order valence-corrected chi connectivity index (χ0v) is 21.5. The first kappa shape index (κ1) is 25.2. The molecule has 0 radical (unpaired) electrons. The Bertz CT molecular complexity index is 932. The number of halogens is 1. The molecule has 178 valence electrons. The maximum absolute atomic E-state index is 6.46. The van der Waals surface area contributed by atoms with Crippen molar-refractivity contribution in [2.75, 3.05) is 45.7 Å². The maximum Gasteiger partial charge on any atom is 0.140 e. The van der Waals surface area contributed by atoms with E-state index in [2.05, 4.69) is 78.3 Å². The average molecular weight is 467 g/mol. The van der Waals surface area contributed by atoms with Gasteiger partial charge in [-0.2, -0.15) is 0 Å². The van der Waals surface area contributed by atoms with Gasteiger partial charge in [0.1, 0.15) is 11.0 Å². The highest BCUT2D eigenvalue weighted by Crippen LogP contribution is 2.30. The van der Waals surface area contributed by atoms with Crippen LogP contribution >= 0.6 is 11.6 Å². The van der Waals surface area contributed by atoms with Crippen LogP contribution in [0.2, 0.25) is 5.15 Å². The smallest absolute Gasteiger partial charge is 0.140 e. The molecule has 1 atom stereocenters. The second kappa shape index (κ2) is 11.6. The number of piperidine rings is 1. The van der Waals surface area contributed by atoms with Crippen LogP contribution in [0.4, 0.5) is 5.82 Å². The molecule has 2 aromatic rings. The van der Waals surface area contributed by atoms with Gasteiger partial charge in [0.15, 0.2) is 0 Å². The number of allylic oxidation sites excluding steroid dienone is 1. The van der Waals surface area contributed by atoms with Gasteiger partial charge in [-0.3, -0.25) is 0 Å². The fourth-order valence-corrected chi connectivity index (χ4v) is 4.79. The van der Waals surface area contributed by atoms with Crippen molar-refractivity contribution in [3.8, 4) is 0 Å². The molecule has 0 bridgehead atoms. The lowest BCUT2D eigenvalue weighted by atomic mass is 9.92.